The second-order valence-corrected chi connectivity index (χ2v) is 8.54. The van der Waals surface area contributed by atoms with Crippen LogP contribution in [0.15, 0.2) is 36.4 Å². The maximum atomic E-state index is 12.4. The van der Waals surface area contributed by atoms with Crippen LogP contribution in [-0.4, -0.2) is 42.8 Å². The predicted molar refractivity (Wildman–Crippen MR) is 115 cm³/mol. The SMILES string of the molecule is COC(=O)c1ccc(Oc2ccc3c(c2)CCN(C(=O)OC(C)(C)C)CC3)c(Cl)c1. The van der Waals surface area contributed by atoms with Crippen molar-refractivity contribution in [3.05, 3.63) is 58.1 Å². The molecule has 0 aromatic heterocycles. The van der Waals surface area contributed by atoms with Crippen molar-refractivity contribution < 1.29 is 23.8 Å². The molecule has 3 rings (SSSR count). The first kappa shape index (κ1) is 22.0. The van der Waals surface area contributed by atoms with E-state index in [0.717, 1.165) is 12.0 Å². The molecule has 0 fully saturated rings. The van der Waals surface area contributed by atoms with Crippen LogP contribution in [0.1, 0.15) is 42.3 Å². The summed E-state index contributed by atoms with van der Waals surface area (Å²) >= 11 is 6.27. The van der Waals surface area contributed by atoms with E-state index in [4.69, 9.17) is 25.8 Å². The fourth-order valence-electron chi connectivity index (χ4n) is 3.23. The van der Waals surface area contributed by atoms with E-state index in [-0.39, 0.29) is 6.09 Å². The quantitative estimate of drug-likeness (QED) is 0.620. The molecule has 1 aliphatic heterocycles. The molecule has 0 aliphatic carbocycles. The highest BCUT2D eigenvalue weighted by Crippen LogP contribution is 2.32. The minimum atomic E-state index is -0.514. The monoisotopic (exact) mass is 431 g/mol. The van der Waals surface area contributed by atoms with Gasteiger partial charge in [0.2, 0.25) is 0 Å². The molecule has 30 heavy (non-hydrogen) atoms. The largest absolute Gasteiger partial charge is 0.465 e. The van der Waals surface area contributed by atoms with Gasteiger partial charge < -0.3 is 19.1 Å². The van der Waals surface area contributed by atoms with Gasteiger partial charge in [-0.1, -0.05) is 17.7 Å². The number of halogens is 1. The van der Waals surface area contributed by atoms with Crippen LogP contribution in [-0.2, 0) is 22.3 Å². The van der Waals surface area contributed by atoms with Crippen LogP contribution in [0.3, 0.4) is 0 Å². The molecular weight excluding hydrogens is 406 g/mol. The second-order valence-electron chi connectivity index (χ2n) is 8.14. The molecule has 0 spiro atoms. The summed E-state index contributed by atoms with van der Waals surface area (Å²) in [6, 6.07) is 10.6. The van der Waals surface area contributed by atoms with Gasteiger partial charge in [0.15, 0.2) is 0 Å². The number of rotatable bonds is 3. The molecule has 160 valence electrons. The van der Waals surface area contributed by atoms with Crippen molar-refractivity contribution in [1.29, 1.82) is 0 Å². The van der Waals surface area contributed by atoms with Crippen molar-refractivity contribution >= 4 is 23.7 Å². The van der Waals surface area contributed by atoms with Gasteiger partial charge in [0.1, 0.15) is 17.1 Å². The first-order valence-corrected chi connectivity index (χ1v) is 10.2. The van der Waals surface area contributed by atoms with Crippen LogP contribution < -0.4 is 4.74 Å². The Hall–Kier alpha value is -2.73. The standard InChI is InChI=1S/C23H26ClNO5/c1-23(2,3)30-22(27)25-11-9-15-5-7-18(13-16(15)10-12-25)29-20-8-6-17(14-19(20)24)21(26)28-4/h5-8,13-14H,9-12H2,1-4H3. The molecule has 1 heterocycles. The summed E-state index contributed by atoms with van der Waals surface area (Å²) in [7, 11) is 1.32. The summed E-state index contributed by atoms with van der Waals surface area (Å²) in [6.07, 6.45) is 1.17. The smallest absolute Gasteiger partial charge is 0.410 e. The first-order valence-electron chi connectivity index (χ1n) is 9.82. The Morgan fingerprint density at radius 3 is 2.33 bits per heavy atom. The third kappa shape index (κ3) is 5.45. The van der Waals surface area contributed by atoms with Gasteiger partial charge in [0.05, 0.1) is 17.7 Å². The van der Waals surface area contributed by atoms with Gasteiger partial charge in [-0.05, 0) is 75.1 Å². The number of amides is 1. The van der Waals surface area contributed by atoms with E-state index in [1.807, 2.05) is 39.0 Å². The number of methoxy groups -OCH3 is 1. The van der Waals surface area contributed by atoms with Crippen LogP contribution in [0.25, 0.3) is 0 Å². The van der Waals surface area contributed by atoms with Crippen LogP contribution >= 0.6 is 11.6 Å². The molecule has 0 N–H and O–H groups in total. The molecule has 0 radical (unpaired) electrons. The van der Waals surface area contributed by atoms with Gasteiger partial charge in [-0.15, -0.1) is 0 Å². The Morgan fingerprint density at radius 1 is 1.00 bits per heavy atom. The highest BCUT2D eigenvalue weighted by atomic mass is 35.5. The molecular formula is C23H26ClNO5. The highest BCUT2D eigenvalue weighted by Gasteiger charge is 2.24. The van der Waals surface area contributed by atoms with Gasteiger partial charge in [-0.2, -0.15) is 0 Å². The molecule has 1 aliphatic rings. The molecule has 6 nitrogen and oxygen atoms in total. The highest BCUT2D eigenvalue weighted by molar-refractivity contribution is 6.32. The third-order valence-corrected chi connectivity index (χ3v) is 5.01. The molecule has 1 amide bonds. The molecule has 0 saturated heterocycles. The third-order valence-electron chi connectivity index (χ3n) is 4.71. The van der Waals surface area contributed by atoms with E-state index in [0.29, 0.717) is 41.6 Å². The Labute approximate surface area is 181 Å². The van der Waals surface area contributed by atoms with Gasteiger partial charge >= 0.3 is 12.1 Å². The lowest BCUT2D eigenvalue weighted by Gasteiger charge is -2.26. The molecule has 0 bridgehead atoms. The summed E-state index contributed by atoms with van der Waals surface area (Å²) in [5.74, 6) is 0.642. The average Bonchev–Trinajstić information content (AvgIpc) is 2.90. The number of hydrogen-bond acceptors (Lipinski definition) is 5. The van der Waals surface area contributed by atoms with Crippen molar-refractivity contribution in [2.24, 2.45) is 0 Å². The average molecular weight is 432 g/mol. The number of fused-ring (bicyclic) bond motifs is 1. The zero-order valence-electron chi connectivity index (χ0n) is 17.7. The van der Waals surface area contributed by atoms with E-state index in [1.54, 1.807) is 17.0 Å². The summed E-state index contributed by atoms with van der Waals surface area (Å²) in [6.45, 7) is 6.79. The van der Waals surface area contributed by atoms with E-state index in [9.17, 15) is 9.59 Å². The number of nitrogens with zero attached hydrogens (tertiary/aromatic N) is 1. The van der Waals surface area contributed by atoms with Crippen LogP contribution in [0.5, 0.6) is 11.5 Å². The van der Waals surface area contributed by atoms with Crippen LogP contribution in [0, 0.1) is 0 Å². The van der Waals surface area contributed by atoms with Gasteiger partial charge in [-0.3, -0.25) is 0 Å². The summed E-state index contributed by atoms with van der Waals surface area (Å²) < 4.78 is 16.1. The zero-order chi connectivity index (χ0) is 21.9. The Bertz CT molecular complexity index is 951. The predicted octanol–water partition coefficient (Wildman–Crippen LogP) is 5.25. The normalized spacial score (nSPS) is 13.8. The fraction of sp³-hybridized carbons (Fsp3) is 0.391. The van der Waals surface area contributed by atoms with E-state index >= 15 is 0 Å². The van der Waals surface area contributed by atoms with Crippen LogP contribution in [0.2, 0.25) is 5.02 Å². The Balaban J connectivity index is 1.71. The van der Waals surface area contributed by atoms with Crippen molar-refractivity contribution in [2.45, 2.75) is 39.2 Å². The van der Waals surface area contributed by atoms with Crippen LogP contribution in [0.4, 0.5) is 4.79 Å². The zero-order valence-corrected chi connectivity index (χ0v) is 18.4. The van der Waals surface area contributed by atoms with Crippen molar-refractivity contribution in [3.8, 4) is 11.5 Å². The summed E-state index contributed by atoms with van der Waals surface area (Å²) in [5, 5.41) is 0.323. The minimum absolute atomic E-state index is 0.288. The molecule has 2 aromatic carbocycles. The summed E-state index contributed by atoms with van der Waals surface area (Å²) in [4.78, 5) is 25.8. The lowest BCUT2D eigenvalue weighted by Crippen LogP contribution is -2.38. The van der Waals surface area contributed by atoms with Gasteiger partial charge in [0.25, 0.3) is 0 Å². The van der Waals surface area contributed by atoms with E-state index in [1.165, 1.54) is 18.7 Å². The lowest BCUT2D eigenvalue weighted by molar-refractivity contribution is 0.0258. The maximum absolute atomic E-state index is 12.4. The van der Waals surface area contributed by atoms with Crippen molar-refractivity contribution in [2.75, 3.05) is 20.2 Å². The number of carbonyl (C=O) groups is 2. The van der Waals surface area contributed by atoms with Gasteiger partial charge in [-0.25, -0.2) is 9.59 Å². The number of benzene rings is 2. The Kier molecular flexibility index (Phi) is 6.56. The molecule has 2 aromatic rings. The lowest BCUT2D eigenvalue weighted by atomic mass is 10.0. The molecule has 7 heteroatoms. The molecule has 0 atom stereocenters. The van der Waals surface area contributed by atoms with E-state index < -0.39 is 11.6 Å². The minimum Gasteiger partial charge on any atom is -0.465 e. The van der Waals surface area contributed by atoms with Gasteiger partial charge in [0, 0.05) is 13.1 Å². The second kappa shape index (κ2) is 8.96. The number of hydrogen-bond donors (Lipinski definition) is 0. The fourth-order valence-corrected chi connectivity index (χ4v) is 3.45. The number of carbonyl (C=O) groups excluding carboxylic acids is 2. The van der Waals surface area contributed by atoms with E-state index in [2.05, 4.69) is 0 Å². The molecule has 0 saturated carbocycles. The van der Waals surface area contributed by atoms with Crippen molar-refractivity contribution in [1.82, 2.24) is 4.90 Å². The topological polar surface area (TPSA) is 65.1 Å². The maximum Gasteiger partial charge on any atom is 0.410 e. The first-order chi connectivity index (χ1) is 14.2. The van der Waals surface area contributed by atoms with Crippen molar-refractivity contribution in [3.63, 3.8) is 0 Å². The summed E-state index contributed by atoms with van der Waals surface area (Å²) in [5.41, 5.74) is 2.15. The number of esters is 1. The Morgan fingerprint density at radius 2 is 1.70 bits per heavy atom. The number of ether oxygens (including phenoxy) is 3. The molecule has 0 unspecified atom stereocenters.